The van der Waals surface area contributed by atoms with Crippen molar-refractivity contribution in [2.75, 3.05) is 13.2 Å². The fourth-order valence-corrected chi connectivity index (χ4v) is 1.46. The van der Waals surface area contributed by atoms with Crippen molar-refractivity contribution in [1.29, 1.82) is 0 Å². The van der Waals surface area contributed by atoms with Crippen LogP contribution >= 0.6 is 0 Å². The summed E-state index contributed by atoms with van der Waals surface area (Å²) in [6.07, 6.45) is 2.93. The summed E-state index contributed by atoms with van der Waals surface area (Å²) in [7, 11) is 0. The van der Waals surface area contributed by atoms with Crippen molar-refractivity contribution < 1.29 is 19.4 Å². The number of carbonyl (C=O) groups excluding carboxylic acids is 1. The minimum absolute atomic E-state index is 0.224. The largest absolute Gasteiger partial charge is 0.480 e. The molecule has 0 saturated heterocycles. The van der Waals surface area contributed by atoms with E-state index in [9.17, 15) is 9.59 Å². The van der Waals surface area contributed by atoms with Crippen molar-refractivity contribution in [3.8, 4) is 0 Å². The molecule has 0 heterocycles. The molecule has 18 heavy (non-hydrogen) atoms. The summed E-state index contributed by atoms with van der Waals surface area (Å²) < 4.78 is 5.14. The molecule has 1 amide bonds. The maximum Gasteiger partial charge on any atom is 0.326 e. The molecule has 0 aromatic heterocycles. The average Bonchev–Trinajstić information content (AvgIpc) is 2.27. The summed E-state index contributed by atoms with van der Waals surface area (Å²) >= 11 is 0. The third kappa shape index (κ3) is 8.75. The topological polar surface area (TPSA) is 75.6 Å². The third-order valence-electron chi connectivity index (χ3n) is 2.27. The maximum atomic E-state index is 11.5. The monoisotopic (exact) mass is 257 g/mol. The molecule has 0 spiro atoms. The lowest BCUT2D eigenvalue weighted by molar-refractivity contribution is -0.142. The standard InChI is InChI=1S/C13H23NO4/c1-4-7-18-8-5-6-12(15)14-11(13(16)17)9-10(2)3/h4,10-11H,1,5-9H2,2-3H3,(H,14,15)(H,16,17)/t11-/m0/s1. The van der Waals surface area contributed by atoms with Crippen LogP contribution in [-0.4, -0.2) is 36.2 Å². The summed E-state index contributed by atoms with van der Waals surface area (Å²) in [5, 5.41) is 11.5. The fourth-order valence-electron chi connectivity index (χ4n) is 1.46. The van der Waals surface area contributed by atoms with Crippen LogP contribution in [0.5, 0.6) is 0 Å². The van der Waals surface area contributed by atoms with Crippen molar-refractivity contribution in [2.45, 2.75) is 39.2 Å². The molecule has 0 aliphatic rings. The van der Waals surface area contributed by atoms with Crippen LogP contribution in [0, 0.1) is 5.92 Å². The summed E-state index contributed by atoms with van der Waals surface area (Å²) in [5.41, 5.74) is 0. The zero-order chi connectivity index (χ0) is 14.0. The van der Waals surface area contributed by atoms with Crippen LogP contribution in [0.4, 0.5) is 0 Å². The Bertz CT molecular complexity index is 276. The minimum Gasteiger partial charge on any atom is -0.480 e. The average molecular weight is 257 g/mol. The number of ether oxygens (including phenoxy) is 1. The molecule has 0 aromatic rings. The van der Waals surface area contributed by atoms with E-state index in [1.165, 1.54) is 0 Å². The van der Waals surface area contributed by atoms with E-state index in [0.717, 1.165) is 0 Å². The highest BCUT2D eigenvalue weighted by Gasteiger charge is 2.20. The second-order valence-electron chi connectivity index (χ2n) is 4.56. The van der Waals surface area contributed by atoms with E-state index in [-0.39, 0.29) is 18.2 Å². The van der Waals surface area contributed by atoms with Crippen molar-refractivity contribution in [3.05, 3.63) is 12.7 Å². The number of carboxylic acid groups (broad SMARTS) is 1. The molecule has 104 valence electrons. The molecule has 0 saturated carbocycles. The SMILES string of the molecule is C=CCOCCCC(=O)N[C@@H](CC(C)C)C(=O)O. The molecule has 0 aliphatic heterocycles. The quantitative estimate of drug-likeness (QED) is 0.460. The second kappa shape index (κ2) is 9.65. The number of nitrogens with one attached hydrogen (secondary N) is 1. The van der Waals surface area contributed by atoms with Gasteiger partial charge in [0.2, 0.25) is 5.91 Å². The van der Waals surface area contributed by atoms with E-state index in [1.807, 2.05) is 13.8 Å². The Labute approximate surface area is 108 Å². The van der Waals surface area contributed by atoms with Gasteiger partial charge >= 0.3 is 5.97 Å². The molecule has 0 bridgehead atoms. The van der Waals surface area contributed by atoms with Gasteiger partial charge < -0.3 is 15.2 Å². The van der Waals surface area contributed by atoms with Gasteiger partial charge in [-0.25, -0.2) is 4.79 Å². The van der Waals surface area contributed by atoms with Crippen molar-refractivity contribution in [1.82, 2.24) is 5.32 Å². The molecule has 2 N–H and O–H groups in total. The Morgan fingerprint density at radius 2 is 2.11 bits per heavy atom. The molecular weight excluding hydrogens is 234 g/mol. The van der Waals surface area contributed by atoms with Gasteiger partial charge in [0.25, 0.3) is 0 Å². The summed E-state index contributed by atoms with van der Waals surface area (Å²) in [4.78, 5) is 22.5. The smallest absolute Gasteiger partial charge is 0.326 e. The Balaban J connectivity index is 3.88. The van der Waals surface area contributed by atoms with Gasteiger partial charge in [0.15, 0.2) is 0 Å². The lowest BCUT2D eigenvalue weighted by Crippen LogP contribution is -2.41. The Kier molecular flexibility index (Phi) is 8.92. The van der Waals surface area contributed by atoms with Crippen LogP contribution in [0.25, 0.3) is 0 Å². The molecule has 0 aromatic carbocycles. The number of hydrogen-bond donors (Lipinski definition) is 2. The normalized spacial score (nSPS) is 12.2. The Morgan fingerprint density at radius 3 is 2.61 bits per heavy atom. The van der Waals surface area contributed by atoms with Gasteiger partial charge in [0, 0.05) is 13.0 Å². The molecule has 0 unspecified atom stereocenters. The van der Waals surface area contributed by atoms with Crippen LogP contribution < -0.4 is 5.32 Å². The van der Waals surface area contributed by atoms with Crippen LogP contribution in [0.3, 0.4) is 0 Å². The summed E-state index contributed by atoms with van der Waals surface area (Å²) in [6, 6.07) is -0.799. The predicted molar refractivity (Wildman–Crippen MR) is 69.3 cm³/mol. The molecule has 0 radical (unpaired) electrons. The van der Waals surface area contributed by atoms with E-state index < -0.39 is 12.0 Å². The molecule has 0 fully saturated rings. The first kappa shape index (κ1) is 16.6. The summed E-state index contributed by atoms with van der Waals surface area (Å²) in [6.45, 7) is 8.29. The second-order valence-corrected chi connectivity index (χ2v) is 4.56. The lowest BCUT2D eigenvalue weighted by atomic mass is 10.0. The first-order chi connectivity index (χ1) is 8.47. The number of carboxylic acids is 1. The first-order valence-electron chi connectivity index (χ1n) is 6.18. The van der Waals surface area contributed by atoms with Gasteiger partial charge in [-0.2, -0.15) is 0 Å². The summed E-state index contributed by atoms with van der Waals surface area (Å²) in [5.74, 6) is -1.01. The highest BCUT2D eigenvalue weighted by atomic mass is 16.5. The molecule has 0 rings (SSSR count). The lowest BCUT2D eigenvalue weighted by Gasteiger charge is -2.16. The molecule has 0 aliphatic carbocycles. The number of hydrogen-bond acceptors (Lipinski definition) is 3. The zero-order valence-electron chi connectivity index (χ0n) is 11.1. The van der Waals surface area contributed by atoms with E-state index in [4.69, 9.17) is 9.84 Å². The van der Waals surface area contributed by atoms with Crippen molar-refractivity contribution in [2.24, 2.45) is 5.92 Å². The van der Waals surface area contributed by atoms with E-state index in [0.29, 0.717) is 26.1 Å². The zero-order valence-corrected chi connectivity index (χ0v) is 11.1. The highest BCUT2D eigenvalue weighted by molar-refractivity contribution is 5.83. The third-order valence-corrected chi connectivity index (χ3v) is 2.27. The van der Waals surface area contributed by atoms with Crippen molar-refractivity contribution >= 4 is 11.9 Å². The molecule has 1 atom stereocenters. The van der Waals surface area contributed by atoms with Gasteiger partial charge in [-0.3, -0.25) is 4.79 Å². The van der Waals surface area contributed by atoms with Crippen LogP contribution in [0.1, 0.15) is 33.1 Å². The molecular formula is C13H23NO4. The van der Waals surface area contributed by atoms with Gasteiger partial charge in [0.05, 0.1) is 6.61 Å². The maximum absolute atomic E-state index is 11.5. The van der Waals surface area contributed by atoms with Crippen LogP contribution in [-0.2, 0) is 14.3 Å². The number of carbonyl (C=O) groups is 2. The number of rotatable bonds is 10. The van der Waals surface area contributed by atoms with E-state index in [2.05, 4.69) is 11.9 Å². The fraction of sp³-hybridized carbons (Fsp3) is 0.692. The Morgan fingerprint density at radius 1 is 1.44 bits per heavy atom. The minimum atomic E-state index is -0.986. The highest BCUT2D eigenvalue weighted by Crippen LogP contribution is 2.05. The Hall–Kier alpha value is -1.36. The van der Waals surface area contributed by atoms with E-state index >= 15 is 0 Å². The van der Waals surface area contributed by atoms with E-state index in [1.54, 1.807) is 6.08 Å². The van der Waals surface area contributed by atoms with Gasteiger partial charge in [-0.05, 0) is 18.8 Å². The predicted octanol–water partition coefficient (Wildman–Crippen LogP) is 1.58. The number of aliphatic carboxylic acids is 1. The van der Waals surface area contributed by atoms with Crippen LogP contribution in [0.2, 0.25) is 0 Å². The number of amides is 1. The van der Waals surface area contributed by atoms with Gasteiger partial charge in [-0.1, -0.05) is 19.9 Å². The van der Waals surface area contributed by atoms with Crippen LogP contribution in [0.15, 0.2) is 12.7 Å². The molecule has 5 heteroatoms. The first-order valence-corrected chi connectivity index (χ1v) is 6.18. The van der Waals surface area contributed by atoms with Gasteiger partial charge in [0.1, 0.15) is 6.04 Å². The molecule has 5 nitrogen and oxygen atoms in total. The van der Waals surface area contributed by atoms with Crippen molar-refractivity contribution in [3.63, 3.8) is 0 Å². The van der Waals surface area contributed by atoms with Gasteiger partial charge in [-0.15, -0.1) is 6.58 Å².